The van der Waals surface area contributed by atoms with E-state index in [-0.39, 0.29) is 5.56 Å². The highest BCUT2D eigenvalue weighted by atomic mass is 32.1. The Bertz CT molecular complexity index is 561. The van der Waals surface area contributed by atoms with Gasteiger partial charge in [0.25, 0.3) is 5.56 Å². The van der Waals surface area contributed by atoms with Crippen LogP contribution in [0.5, 0.6) is 0 Å². The first kappa shape index (κ1) is 11.8. The largest absolute Gasteiger partial charge is 0.363 e. The first-order valence-corrected chi connectivity index (χ1v) is 6.24. The summed E-state index contributed by atoms with van der Waals surface area (Å²) in [5.41, 5.74) is -0.130. The second kappa shape index (κ2) is 5.09. The van der Waals surface area contributed by atoms with Crippen molar-refractivity contribution in [2.75, 3.05) is 5.32 Å². The third-order valence-electron chi connectivity index (χ3n) is 2.22. The molecule has 2 aromatic heterocycles. The number of aryl methyl sites for hydroxylation is 2. The van der Waals surface area contributed by atoms with E-state index in [9.17, 15) is 4.79 Å². The lowest BCUT2D eigenvalue weighted by Crippen LogP contribution is -2.13. The van der Waals surface area contributed by atoms with Crippen LogP contribution in [0.2, 0.25) is 0 Å². The maximum atomic E-state index is 11.3. The van der Waals surface area contributed by atoms with Gasteiger partial charge in [0.1, 0.15) is 16.6 Å². The highest BCUT2D eigenvalue weighted by molar-refractivity contribution is 7.11. The van der Waals surface area contributed by atoms with Crippen LogP contribution in [0.25, 0.3) is 0 Å². The zero-order chi connectivity index (χ0) is 12.3. The van der Waals surface area contributed by atoms with Crippen molar-refractivity contribution >= 4 is 17.2 Å². The van der Waals surface area contributed by atoms with Crippen molar-refractivity contribution in [1.82, 2.24) is 15.0 Å². The monoisotopic (exact) mass is 250 g/mol. The van der Waals surface area contributed by atoms with E-state index < -0.39 is 0 Å². The van der Waals surface area contributed by atoms with E-state index in [1.54, 1.807) is 11.3 Å². The number of hydrogen-bond donors (Lipinski definition) is 2. The van der Waals surface area contributed by atoms with Crippen LogP contribution in [0.15, 0.2) is 17.1 Å². The SMILES string of the molecule is CCc1nc(NCc2ncc(C)s2)cc(=O)[nH]1. The van der Waals surface area contributed by atoms with E-state index in [1.165, 1.54) is 10.9 Å². The number of anilines is 1. The molecule has 0 saturated carbocycles. The van der Waals surface area contributed by atoms with Gasteiger partial charge in [0.05, 0.1) is 6.54 Å². The topological polar surface area (TPSA) is 70.7 Å². The number of H-pyrrole nitrogens is 1. The molecule has 2 rings (SSSR count). The average molecular weight is 250 g/mol. The third kappa shape index (κ3) is 3.13. The Hall–Kier alpha value is -1.69. The first-order valence-electron chi connectivity index (χ1n) is 5.43. The molecular weight excluding hydrogens is 236 g/mol. The molecular formula is C11H14N4OS. The smallest absolute Gasteiger partial charge is 0.252 e. The maximum absolute atomic E-state index is 11.3. The summed E-state index contributed by atoms with van der Waals surface area (Å²) in [7, 11) is 0. The first-order chi connectivity index (χ1) is 8.17. The van der Waals surface area contributed by atoms with Crippen molar-refractivity contribution < 1.29 is 0 Å². The Morgan fingerprint density at radius 1 is 1.53 bits per heavy atom. The van der Waals surface area contributed by atoms with E-state index in [0.29, 0.717) is 24.6 Å². The molecule has 0 aromatic carbocycles. The fraction of sp³-hybridized carbons (Fsp3) is 0.364. The highest BCUT2D eigenvalue weighted by Gasteiger charge is 2.02. The van der Waals surface area contributed by atoms with Gasteiger partial charge in [-0.25, -0.2) is 9.97 Å². The van der Waals surface area contributed by atoms with Crippen LogP contribution in [0.1, 0.15) is 22.6 Å². The summed E-state index contributed by atoms with van der Waals surface area (Å²) in [6.45, 7) is 4.56. The third-order valence-corrected chi connectivity index (χ3v) is 3.13. The summed E-state index contributed by atoms with van der Waals surface area (Å²) in [5.74, 6) is 1.29. The highest BCUT2D eigenvalue weighted by Crippen LogP contribution is 2.12. The number of nitrogens with one attached hydrogen (secondary N) is 2. The maximum Gasteiger partial charge on any atom is 0.252 e. The Morgan fingerprint density at radius 2 is 2.35 bits per heavy atom. The molecule has 0 bridgehead atoms. The van der Waals surface area contributed by atoms with Crippen LogP contribution in [0.3, 0.4) is 0 Å². The lowest BCUT2D eigenvalue weighted by atomic mass is 10.4. The van der Waals surface area contributed by atoms with Crippen molar-refractivity contribution in [2.45, 2.75) is 26.8 Å². The summed E-state index contributed by atoms with van der Waals surface area (Å²) >= 11 is 1.63. The summed E-state index contributed by atoms with van der Waals surface area (Å²) in [5, 5.41) is 4.10. The number of nitrogens with zero attached hydrogens (tertiary/aromatic N) is 2. The Labute approximate surface area is 103 Å². The van der Waals surface area contributed by atoms with Crippen LogP contribution in [0.4, 0.5) is 5.82 Å². The summed E-state index contributed by atoms with van der Waals surface area (Å²) < 4.78 is 0. The molecule has 0 unspecified atom stereocenters. The molecule has 0 atom stereocenters. The lowest BCUT2D eigenvalue weighted by molar-refractivity contribution is 0.913. The van der Waals surface area contributed by atoms with E-state index in [2.05, 4.69) is 20.3 Å². The predicted octanol–water partition coefficient (Wildman–Crippen LogP) is 1.71. The summed E-state index contributed by atoms with van der Waals surface area (Å²) in [6, 6.07) is 1.46. The number of rotatable bonds is 4. The molecule has 17 heavy (non-hydrogen) atoms. The molecule has 0 fully saturated rings. The number of hydrogen-bond acceptors (Lipinski definition) is 5. The molecule has 2 N–H and O–H groups in total. The molecule has 90 valence electrons. The molecule has 5 nitrogen and oxygen atoms in total. The van der Waals surface area contributed by atoms with E-state index in [1.807, 2.05) is 20.0 Å². The fourth-order valence-corrected chi connectivity index (χ4v) is 2.14. The Kier molecular flexibility index (Phi) is 3.53. The second-order valence-corrected chi connectivity index (χ2v) is 4.97. The lowest BCUT2D eigenvalue weighted by Gasteiger charge is -2.04. The van der Waals surface area contributed by atoms with E-state index >= 15 is 0 Å². The minimum absolute atomic E-state index is 0.130. The average Bonchev–Trinajstić information content (AvgIpc) is 2.72. The standard InChI is InChI=1S/C11H14N4OS/c1-3-8-14-9(4-10(16)15-8)12-6-11-13-5-7(2)17-11/h4-5H,3,6H2,1-2H3,(H2,12,14,15,16). The van der Waals surface area contributed by atoms with Gasteiger partial charge in [0.15, 0.2) is 0 Å². The molecule has 2 aromatic rings. The van der Waals surface area contributed by atoms with Gasteiger partial charge in [0, 0.05) is 23.6 Å². The Morgan fingerprint density at radius 3 is 3.00 bits per heavy atom. The van der Waals surface area contributed by atoms with Gasteiger partial charge in [0.2, 0.25) is 0 Å². The van der Waals surface area contributed by atoms with Gasteiger partial charge < -0.3 is 10.3 Å². The predicted molar refractivity (Wildman–Crippen MR) is 68.4 cm³/mol. The minimum Gasteiger partial charge on any atom is -0.363 e. The van der Waals surface area contributed by atoms with Crippen LogP contribution in [0, 0.1) is 6.92 Å². The van der Waals surface area contributed by atoms with Gasteiger partial charge >= 0.3 is 0 Å². The fourth-order valence-electron chi connectivity index (χ4n) is 1.42. The molecule has 0 radical (unpaired) electrons. The molecule has 2 heterocycles. The van der Waals surface area contributed by atoms with E-state index in [4.69, 9.17) is 0 Å². The zero-order valence-corrected chi connectivity index (χ0v) is 10.6. The van der Waals surface area contributed by atoms with Crippen LogP contribution >= 0.6 is 11.3 Å². The minimum atomic E-state index is -0.130. The summed E-state index contributed by atoms with van der Waals surface area (Å²) in [4.78, 5) is 23.7. The van der Waals surface area contributed by atoms with Crippen molar-refractivity contribution in [3.05, 3.63) is 38.3 Å². The van der Waals surface area contributed by atoms with Crippen LogP contribution in [-0.4, -0.2) is 15.0 Å². The van der Waals surface area contributed by atoms with Crippen LogP contribution < -0.4 is 10.9 Å². The van der Waals surface area contributed by atoms with Crippen LogP contribution in [-0.2, 0) is 13.0 Å². The second-order valence-electron chi connectivity index (χ2n) is 3.65. The van der Waals surface area contributed by atoms with Crippen molar-refractivity contribution in [3.63, 3.8) is 0 Å². The Balaban J connectivity index is 2.08. The molecule has 0 saturated heterocycles. The van der Waals surface area contributed by atoms with Gasteiger partial charge in [-0.1, -0.05) is 6.92 Å². The zero-order valence-electron chi connectivity index (χ0n) is 9.78. The number of aromatic amines is 1. The number of thiazole rings is 1. The van der Waals surface area contributed by atoms with Gasteiger partial charge in [-0.05, 0) is 6.92 Å². The van der Waals surface area contributed by atoms with Gasteiger partial charge in [-0.3, -0.25) is 4.79 Å². The van der Waals surface area contributed by atoms with Gasteiger partial charge in [-0.2, -0.15) is 0 Å². The molecule has 0 spiro atoms. The van der Waals surface area contributed by atoms with Crippen molar-refractivity contribution in [2.24, 2.45) is 0 Å². The molecule has 0 aliphatic rings. The van der Waals surface area contributed by atoms with E-state index in [0.717, 1.165) is 5.01 Å². The summed E-state index contributed by atoms with van der Waals surface area (Å²) in [6.07, 6.45) is 2.55. The molecule has 0 aliphatic carbocycles. The van der Waals surface area contributed by atoms with Gasteiger partial charge in [-0.15, -0.1) is 11.3 Å². The van der Waals surface area contributed by atoms with Crippen molar-refractivity contribution in [3.8, 4) is 0 Å². The molecule has 0 amide bonds. The normalized spacial score (nSPS) is 10.5. The molecule has 6 heteroatoms. The quantitative estimate of drug-likeness (QED) is 0.866. The van der Waals surface area contributed by atoms with Crippen molar-refractivity contribution in [1.29, 1.82) is 0 Å². The number of aromatic nitrogens is 3. The molecule has 0 aliphatic heterocycles.